The largest absolute Gasteiger partial charge is 0.330 e. The van der Waals surface area contributed by atoms with Gasteiger partial charge in [0.1, 0.15) is 0 Å². The van der Waals surface area contributed by atoms with E-state index in [0.29, 0.717) is 5.41 Å². The molecule has 0 bridgehead atoms. The van der Waals surface area contributed by atoms with Gasteiger partial charge in [-0.1, -0.05) is 26.7 Å². The fourth-order valence-electron chi connectivity index (χ4n) is 3.36. The zero-order valence-electron chi connectivity index (χ0n) is 9.76. The molecule has 14 heavy (non-hydrogen) atoms. The monoisotopic (exact) mass is 195 g/mol. The van der Waals surface area contributed by atoms with Gasteiger partial charge in [-0.25, -0.2) is 0 Å². The average Bonchev–Trinajstić information content (AvgIpc) is 2.74. The van der Waals surface area contributed by atoms with Crippen molar-refractivity contribution in [1.82, 2.24) is 0 Å². The van der Waals surface area contributed by atoms with Crippen molar-refractivity contribution in [1.29, 1.82) is 0 Å². The van der Waals surface area contributed by atoms with E-state index in [0.717, 1.165) is 24.3 Å². The highest BCUT2D eigenvalue weighted by molar-refractivity contribution is 5.03. The lowest BCUT2D eigenvalue weighted by molar-refractivity contribution is 0.239. The summed E-state index contributed by atoms with van der Waals surface area (Å²) in [5.41, 5.74) is 6.54. The molecule has 0 amide bonds. The van der Waals surface area contributed by atoms with E-state index in [-0.39, 0.29) is 0 Å². The Balaban J connectivity index is 1.76. The van der Waals surface area contributed by atoms with Gasteiger partial charge >= 0.3 is 0 Å². The standard InChI is InChI=1S/C13H25N/c1-10(2)4-3-5-13(9-14)7-11-6-12(11)8-13/h10-12H,3-9,14H2,1-2H3. The third-order valence-corrected chi connectivity index (χ3v) is 4.38. The lowest BCUT2D eigenvalue weighted by Crippen LogP contribution is -2.29. The fraction of sp³-hybridized carbons (Fsp3) is 1.00. The van der Waals surface area contributed by atoms with Crippen LogP contribution in [-0.4, -0.2) is 6.54 Å². The van der Waals surface area contributed by atoms with Crippen molar-refractivity contribution in [3.8, 4) is 0 Å². The maximum atomic E-state index is 5.97. The minimum Gasteiger partial charge on any atom is -0.330 e. The molecule has 0 aromatic rings. The van der Waals surface area contributed by atoms with Crippen molar-refractivity contribution in [3.63, 3.8) is 0 Å². The number of hydrogen-bond donors (Lipinski definition) is 1. The highest BCUT2D eigenvalue weighted by Crippen LogP contribution is 2.61. The van der Waals surface area contributed by atoms with E-state index in [2.05, 4.69) is 13.8 Å². The van der Waals surface area contributed by atoms with Crippen LogP contribution in [0, 0.1) is 23.2 Å². The molecule has 82 valence electrons. The van der Waals surface area contributed by atoms with Gasteiger partial charge in [0.15, 0.2) is 0 Å². The summed E-state index contributed by atoms with van der Waals surface area (Å²) in [6.45, 7) is 5.58. The van der Waals surface area contributed by atoms with E-state index in [1.807, 2.05) is 0 Å². The highest BCUT2D eigenvalue weighted by Gasteiger charge is 2.52. The predicted octanol–water partition coefficient (Wildman–Crippen LogP) is 3.19. The highest BCUT2D eigenvalue weighted by atomic mass is 14.7. The normalized spacial score (nSPS) is 40.3. The SMILES string of the molecule is CC(C)CCCC1(CN)CC2CC2C1. The molecule has 0 spiro atoms. The lowest BCUT2D eigenvalue weighted by atomic mass is 9.78. The molecule has 2 aliphatic carbocycles. The Morgan fingerprint density at radius 2 is 1.93 bits per heavy atom. The van der Waals surface area contributed by atoms with E-state index in [4.69, 9.17) is 5.73 Å². The molecule has 2 rings (SSSR count). The van der Waals surface area contributed by atoms with Crippen LogP contribution in [-0.2, 0) is 0 Å². The Labute approximate surface area is 88.4 Å². The molecule has 0 aliphatic heterocycles. The van der Waals surface area contributed by atoms with Crippen LogP contribution in [0.5, 0.6) is 0 Å². The van der Waals surface area contributed by atoms with Crippen molar-refractivity contribution in [2.45, 2.75) is 52.4 Å². The summed E-state index contributed by atoms with van der Waals surface area (Å²) >= 11 is 0. The van der Waals surface area contributed by atoms with Crippen molar-refractivity contribution >= 4 is 0 Å². The minimum absolute atomic E-state index is 0.572. The summed E-state index contributed by atoms with van der Waals surface area (Å²) in [6, 6.07) is 0. The van der Waals surface area contributed by atoms with E-state index >= 15 is 0 Å². The Morgan fingerprint density at radius 1 is 1.29 bits per heavy atom. The van der Waals surface area contributed by atoms with Gasteiger partial charge < -0.3 is 5.73 Å². The first-order valence-electron chi connectivity index (χ1n) is 6.35. The van der Waals surface area contributed by atoms with Crippen LogP contribution in [0.2, 0.25) is 0 Å². The first kappa shape index (κ1) is 10.5. The number of nitrogens with two attached hydrogens (primary N) is 1. The number of rotatable bonds is 5. The molecule has 0 saturated heterocycles. The van der Waals surface area contributed by atoms with Crippen LogP contribution in [0.3, 0.4) is 0 Å². The first-order valence-corrected chi connectivity index (χ1v) is 6.35. The van der Waals surface area contributed by atoms with Gasteiger partial charge in [-0.05, 0) is 55.4 Å². The molecule has 2 atom stereocenters. The van der Waals surface area contributed by atoms with Gasteiger partial charge in [0.05, 0.1) is 0 Å². The zero-order chi connectivity index (χ0) is 10.2. The van der Waals surface area contributed by atoms with Gasteiger partial charge in [-0.3, -0.25) is 0 Å². The second kappa shape index (κ2) is 3.84. The molecule has 2 fully saturated rings. The van der Waals surface area contributed by atoms with Gasteiger partial charge in [-0.2, -0.15) is 0 Å². The van der Waals surface area contributed by atoms with Gasteiger partial charge in [-0.15, -0.1) is 0 Å². The fourth-order valence-corrected chi connectivity index (χ4v) is 3.36. The maximum Gasteiger partial charge on any atom is -0.00203 e. The molecule has 0 heterocycles. The van der Waals surface area contributed by atoms with Crippen molar-refractivity contribution in [3.05, 3.63) is 0 Å². The lowest BCUT2D eigenvalue weighted by Gasteiger charge is -2.29. The molecule has 1 nitrogen and oxygen atoms in total. The van der Waals surface area contributed by atoms with Crippen LogP contribution < -0.4 is 5.73 Å². The van der Waals surface area contributed by atoms with E-state index in [9.17, 15) is 0 Å². The van der Waals surface area contributed by atoms with Gasteiger partial charge in [0.25, 0.3) is 0 Å². The average molecular weight is 195 g/mol. The molecule has 2 aliphatic rings. The third kappa shape index (κ3) is 2.13. The zero-order valence-corrected chi connectivity index (χ0v) is 9.76. The Kier molecular flexibility index (Phi) is 2.88. The third-order valence-electron chi connectivity index (χ3n) is 4.38. The summed E-state index contributed by atoms with van der Waals surface area (Å²) in [6.07, 6.45) is 8.60. The van der Waals surface area contributed by atoms with Gasteiger partial charge in [0, 0.05) is 0 Å². The number of hydrogen-bond acceptors (Lipinski definition) is 1. The summed E-state index contributed by atoms with van der Waals surface area (Å²) in [5, 5.41) is 0. The van der Waals surface area contributed by atoms with Crippen LogP contribution in [0.4, 0.5) is 0 Å². The van der Waals surface area contributed by atoms with Crippen LogP contribution in [0.1, 0.15) is 52.4 Å². The topological polar surface area (TPSA) is 26.0 Å². The Morgan fingerprint density at radius 3 is 2.43 bits per heavy atom. The molecular weight excluding hydrogens is 170 g/mol. The van der Waals surface area contributed by atoms with Crippen molar-refractivity contribution < 1.29 is 0 Å². The first-order chi connectivity index (χ1) is 6.65. The van der Waals surface area contributed by atoms with Crippen LogP contribution in [0.25, 0.3) is 0 Å². The predicted molar refractivity (Wildman–Crippen MR) is 61.0 cm³/mol. The summed E-state index contributed by atoms with van der Waals surface area (Å²) in [7, 11) is 0. The van der Waals surface area contributed by atoms with Crippen LogP contribution >= 0.6 is 0 Å². The maximum absolute atomic E-state index is 5.97. The smallest absolute Gasteiger partial charge is 0.00203 e. The second-order valence-corrected chi connectivity index (χ2v) is 6.15. The quantitative estimate of drug-likeness (QED) is 0.716. The molecule has 0 aromatic heterocycles. The molecule has 2 unspecified atom stereocenters. The molecular formula is C13H25N. The van der Waals surface area contributed by atoms with Crippen molar-refractivity contribution in [2.24, 2.45) is 28.9 Å². The van der Waals surface area contributed by atoms with E-state index < -0.39 is 0 Å². The summed E-state index contributed by atoms with van der Waals surface area (Å²) < 4.78 is 0. The van der Waals surface area contributed by atoms with E-state index in [1.165, 1.54) is 38.5 Å². The molecule has 1 heteroatoms. The molecule has 0 aromatic carbocycles. The summed E-state index contributed by atoms with van der Waals surface area (Å²) in [4.78, 5) is 0. The Bertz CT molecular complexity index is 187. The second-order valence-electron chi connectivity index (χ2n) is 6.15. The molecule has 0 radical (unpaired) electrons. The molecule has 2 saturated carbocycles. The summed E-state index contributed by atoms with van der Waals surface area (Å²) in [5.74, 6) is 3.02. The van der Waals surface area contributed by atoms with Crippen LogP contribution in [0.15, 0.2) is 0 Å². The number of fused-ring (bicyclic) bond motifs is 1. The minimum atomic E-state index is 0.572. The Hall–Kier alpha value is -0.0400. The van der Waals surface area contributed by atoms with E-state index in [1.54, 1.807) is 0 Å². The molecule has 2 N–H and O–H groups in total. The van der Waals surface area contributed by atoms with Crippen molar-refractivity contribution in [2.75, 3.05) is 6.54 Å². The van der Waals surface area contributed by atoms with Gasteiger partial charge in [0.2, 0.25) is 0 Å².